The van der Waals surface area contributed by atoms with Crippen LogP contribution < -0.4 is 0 Å². The lowest BCUT2D eigenvalue weighted by Gasteiger charge is -2.38. The minimum absolute atomic E-state index is 0.406. The summed E-state index contributed by atoms with van der Waals surface area (Å²) in [7, 11) is 0. The van der Waals surface area contributed by atoms with Gasteiger partial charge < -0.3 is 25.2 Å². The maximum atomic E-state index is 12.6. The van der Waals surface area contributed by atoms with Gasteiger partial charge in [0, 0.05) is 21.3 Å². The van der Waals surface area contributed by atoms with Crippen molar-refractivity contribution in [2.24, 2.45) is 0 Å². The number of carbonyl (C=O) groups is 1. The molecule has 126 valence electrons. The molecule has 2 aliphatic rings. The lowest BCUT2D eigenvalue weighted by Crippen LogP contribution is -2.63. The zero-order valence-electron chi connectivity index (χ0n) is 18.2. The molecule has 4 atom stereocenters. The highest BCUT2D eigenvalue weighted by Crippen LogP contribution is 2.31. The fourth-order valence-electron chi connectivity index (χ4n) is 2.90. The lowest BCUT2D eigenvalue weighted by atomic mass is 9.81. The van der Waals surface area contributed by atoms with Gasteiger partial charge in [-0.15, -0.1) is 0 Å². The fourth-order valence-corrected chi connectivity index (χ4v) is 2.90. The molecule has 2 rings (SSSR count). The molecule has 0 unspecified atom stereocenters. The van der Waals surface area contributed by atoms with E-state index in [1.165, 1.54) is 0 Å². The number of nitrogens with zero attached hydrogens (tertiary/aromatic N) is 1. The van der Waals surface area contributed by atoms with Crippen molar-refractivity contribution >= 4 is 5.97 Å². The summed E-state index contributed by atoms with van der Waals surface area (Å²) in [6.07, 6.45) is -0.755. The number of hydrogen-bond donors (Lipinski definition) is 4. The van der Waals surface area contributed by atoms with Crippen molar-refractivity contribution in [2.75, 3.05) is 19.7 Å². The third kappa shape index (κ3) is 2.79. The molecule has 0 spiro atoms. The van der Waals surface area contributed by atoms with Gasteiger partial charge in [-0.1, -0.05) is 6.08 Å². The van der Waals surface area contributed by atoms with Crippen molar-refractivity contribution in [1.82, 2.24) is 4.90 Å². The Labute approximate surface area is 138 Å². The molecule has 7 nitrogen and oxygen atoms in total. The summed E-state index contributed by atoms with van der Waals surface area (Å²) in [6, 6.07) is -0.406. The van der Waals surface area contributed by atoms with Crippen LogP contribution in [0, 0.1) is 0 Å². The number of aliphatic hydroxyl groups is 4. The van der Waals surface area contributed by atoms with Crippen LogP contribution >= 0.6 is 0 Å². The summed E-state index contributed by atoms with van der Waals surface area (Å²) in [5.41, 5.74) is -7.14. The van der Waals surface area contributed by atoms with Crippen molar-refractivity contribution in [2.45, 2.75) is 56.5 Å². The molecule has 0 aliphatic carbocycles. The van der Waals surface area contributed by atoms with E-state index in [0.29, 0.717) is 25.1 Å². The van der Waals surface area contributed by atoms with Gasteiger partial charge in [-0.25, -0.2) is 4.79 Å². The Morgan fingerprint density at radius 3 is 2.86 bits per heavy atom. The topological polar surface area (TPSA) is 110 Å². The second-order valence-corrected chi connectivity index (χ2v) is 5.80. The normalized spacial score (nSPS) is 34.9. The molecule has 1 fully saturated rings. The maximum absolute atomic E-state index is 12.6. The number of hydrogen-bond acceptors (Lipinski definition) is 7. The Kier molecular flexibility index (Phi) is 2.88. The van der Waals surface area contributed by atoms with Gasteiger partial charge in [0.2, 0.25) is 5.60 Å². The summed E-state index contributed by atoms with van der Waals surface area (Å²) >= 11 is 0. The number of carbonyl (C=O) groups excluding carboxylic acids is 1. The highest BCUT2D eigenvalue weighted by Gasteiger charge is 2.54. The monoisotopic (exact) mass is 321 g/mol. The minimum atomic E-state index is -3.98. The Bertz CT molecular complexity index is 634. The first kappa shape index (κ1) is 10.7. The molecule has 2 aliphatic heterocycles. The zero-order chi connectivity index (χ0) is 21.7. The molecule has 0 saturated carbocycles. The van der Waals surface area contributed by atoms with Crippen LogP contribution in [-0.2, 0) is 9.53 Å². The maximum Gasteiger partial charge on any atom is 0.344 e. The standard InChI is InChI=1S/C15H25NO6/c1-9(17)15(21,14(2,3)20)13(19)22-8-10-4-6-16-7-5-11(18)12(10)16/h4,9,11-12,17-18,20-21H,5-8H2,1-3H3/t9-,11+,12+,15+/m0/s1/i2D3,3D3. The van der Waals surface area contributed by atoms with Crippen molar-refractivity contribution in [3.63, 3.8) is 0 Å². The Morgan fingerprint density at radius 1 is 1.59 bits per heavy atom. The molecular formula is C15H25NO6. The quantitative estimate of drug-likeness (QED) is 0.371. The third-order valence-corrected chi connectivity index (χ3v) is 4.28. The predicted molar refractivity (Wildman–Crippen MR) is 78.0 cm³/mol. The van der Waals surface area contributed by atoms with Gasteiger partial charge in [0.25, 0.3) is 0 Å². The molecule has 0 aromatic rings. The molecule has 2 heterocycles. The van der Waals surface area contributed by atoms with E-state index in [1.807, 2.05) is 4.90 Å². The van der Waals surface area contributed by atoms with Crippen LogP contribution in [0.3, 0.4) is 0 Å². The highest BCUT2D eigenvalue weighted by atomic mass is 16.6. The number of aliphatic hydroxyl groups excluding tert-OH is 2. The van der Waals surface area contributed by atoms with Crippen LogP contribution in [0.5, 0.6) is 0 Å². The van der Waals surface area contributed by atoms with Gasteiger partial charge in [-0.2, -0.15) is 0 Å². The predicted octanol–water partition coefficient (Wildman–Crippen LogP) is -1.21. The van der Waals surface area contributed by atoms with E-state index in [-0.39, 0.29) is 0 Å². The number of rotatable bonds is 5. The summed E-state index contributed by atoms with van der Waals surface area (Å²) in [5.74, 6) is -1.79. The van der Waals surface area contributed by atoms with E-state index < -0.39 is 55.7 Å². The van der Waals surface area contributed by atoms with Gasteiger partial charge in [0.15, 0.2) is 0 Å². The Balaban J connectivity index is 2.30. The van der Waals surface area contributed by atoms with Crippen molar-refractivity contribution < 1.29 is 38.2 Å². The van der Waals surface area contributed by atoms with E-state index in [2.05, 4.69) is 0 Å². The molecule has 1 saturated heterocycles. The van der Waals surface area contributed by atoms with Crippen LogP contribution in [-0.4, -0.2) is 80.4 Å². The molecule has 0 radical (unpaired) electrons. The second-order valence-electron chi connectivity index (χ2n) is 5.80. The van der Waals surface area contributed by atoms with Crippen molar-refractivity contribution in [3.8, 4) is 0 Å². The van der Waals surface area contributed by atoms with E-state index >= 15 is 0 Å². The van der Waals surface area contributed by atoms with Crippen molar-refractivity contribution in [1.29, 1.82) is 0 Å². The van der Waals surface area contributed by atoms with Crippen LogP contribution in [0.15, 0.2) is 11.6 Å². The second kappa shape index (κ2) is 5.90. The molecule has 0 amide bonds. The average molecular weight is 321 g/mol. The molecule has 0 aromatic carbocycles. The van der Waals surface area contributed by atoms with Gasteiger partial charge in [0.1, 0.15) is 12.2 Å². The third-order valence-electron chi connectivity index (χ3n) is 4.28. The van der Waals surface area contributed by atoms with E-state index in [1.54, 1.807) is 6.08 Å². The van der Waals surface area contributed by atoms with E-state index in [9.17, 15) is 25.2 Å². The first-order valence-electron chi connectivity index (χ1n) is 10.00. The average Bonchev–Trinajstić information content (AvgIpc) is 3.12. The van der Waals surface area contributed by atoms with Gasteiger partial charge in [-0.05, 0) is 32.6 Å². The first-order valence-corrected chi connectivity index (χ1v) is 7.00. The van der Waals surface area contributed by atoms with Gasteiger partial charge in [-0.3, -0.25) is 4.90 Å². The summed E-state index contributed by atoms with van der Waals surface area (Å²) in [6.45, 7) is -6.06. The smallest absolute Gasteiger partial charge is 0.344 e. The molecule has 7 heteroatoms. The molecule has 4 N–H and O–H groups in total. The van der Waals surface area contributed by atoms with Gasteiger partial charge in [0.05, 0.1) is 18.2 Å². The van der Waals surface area contributed by atoms with E-state index in [0.717, 1.165) is 6.92 Å². The van der Waals surface area contributed by atoms with E-state index in [4.69, 9.17) is 13.0 Å². The highest BCUT2D eigenvalue weighted by molar-refractivity contribution is 5.82. The zero-order valence-corrected chi connectivity index (χ0v) is 12.2. The Hall–Kier alpha value is -0.990. The summed E-state index contributed by atoms with van der Waals surface area (Å²) < 4.78 is 49.3. The van der Waals surface area contributed by atoms with Crippen molar-refractivity contribution in [3.05, 3.63) is 11.6 Å². The van der Waals surface area contributed by atoms with Crippen LogP contribution in [0.25, 0.3) is 0 Å². The minimum Gasteiger partial charge on any atom is -0.459 e. The SMILES string of the molecule is [2H]C([2H])([2H])C(O)(C([2H])([2H])[2H])[C@](O)(C(=O)OCC1=CCN2CC[C@@H](O)[C@@H]12)[C@H](C)O. The molecular weight excluding hydrogens is 290 g/mol. The van der Waals surface area contributed by atoms with Crippen LogP contribution in [0.1, 0.15) is 35.3 Å². The summed E-state index contributed by atoms with van der Waals surface area (Å²) in [5, 5.41) is 41.2. The van der Waals surface area contributed by atoms with Gasteiger partial charge >= 0.3 is 5.97 Å². The number of ether oxygens (including phenoxy) is 1. The Morgan fingerprint density at radius 2 is 2.27 bits per heavy atom. The van der Waals surface area contributed by atoms with Crippen LogP contribution in [0.4, 0.5) is 0 Å². The largest absolute Gasteiger partial charge is 0.459 e. The molecule has 22 heavy (non-hydrogen) atoms. The lowest BCUT2D eigenvalue weighted by molar-refractivity contribution is -0.213. The fraction of sp³-hybridized carbons (Fsp3) is 0.800. The number of fused-ring (bicyclic) bond motifs is 1. The molecule has 0 bridgehead atoms. The number of esters is 1. The molecule has 0 aromatic heterocycles. The summed E-state index contributed by atoms with van der Waals surface area (Å²) in [4.78, 5) is 14.5. The van der Waals surface area contributed by atoms with Crippen LogP contribution in [0.2, 0.25) is 0 Å². The first-order chi connectivity index (χ1) is 12.6.